The Labute approximate surface area is 139 Å². The minimum Gasteiger partial charge on any atom is -0.320 e. The number of pyridine rings is 1. The van der Waals surface area contributed by atoms with Crippen molar-refractivity contribution in [2.24, 2.45) is 0 Å². The van der Waals surface area contributed by atoms with E-state index in [9.17, 15) is 15.3 Å². The van der Waals surface area contributed by atoms with Gasteiger partial charge in [-0.3, -0.25) is 4.79 Å². The van der Waals surface area contributed by atoms with Gasteiger partial charge in [0.15, 0.2) is 0 Å². The maximum absolute atomic E-state index is 12.4. The summed E-state index contributed by atoms with van der Waals surface area (Å²) in [5.74, 6) is 0. The Morgan fingerprint density at radius 2 is 1.46 bits per heavy atom. The van der Waals surface area contributed by atoms with Crippen molar-refractivity contribution in [3.63, 3.8) is 0 Å². The summed E-state index contributed by atoms with van der Waals surface area (Å²) in [7, 11) is 0. The fraction of sp³-hybridized carbons (Fsp3) is 0.0500. The summed E-state index contributed by atoms with van der Waals surface area (Å²) < 4.78 is 0. The standard InChI is InChI=1S/C20H13N3O/c1-13-7-9-14(10-8-13)18-16(11-21)19(15-5-3-2-4-6-15)23-20(24)17(18)12-22/h2-10H,1H3,(H,23,24). The highest BCUT2D eigenvalue weighted by Gasteiger charge is 2.19. The monoisotopic (exact) mass is 311 g/mol. The normalized spacial score (nSPS) is 9.96. The number of H-pyrrole nitrogens is 1. The summed E-state index contributed by atoms with van der Waals surface area (Å²) in [6.07, 6.45) is 0. The average molecular weight is 311 g/mol. The van der Waals surface area contributed by atoms with Gasteiger partial charge in [0.25, 0.3) is 5.56 Å². The summed E-state index contributed by atoms with van der Waals surface area (Å²) in [6, 6.07) is 20.7. The number of aryl methyl sites for hydroxylation is 1. The molecular formula is C20H13N3O. The van der Waals surface area contributed by atoms with Crippen LogP contribution in [-0.4, -0.2) is 4.98 Å². The van der Waals surface area contributed by atoms with Crippen LogP contribution >= 0.6 is 0 Å². The van der Waals surface area contributed by atoms with Gasteiger partial charge in [-0.05, 0) is 18.1 Å². The van der Waals surface area contributed by atoms with Crippen molar-refractivity contribution in [2.45, 2.75) is 6.92 Å². The van der Waals surface area contributed by atoms with Crippen molar-refractivity contribution in [3.8, 4) is 34.5 Å². The van der Waals surface area contributed by atoms with Crippen molar-refractivity contribution in [3.05, 3.63) is 81.6 Å². The van der Waals surface area contributed by atoms with E-state index in [2.05, 4.69) is 11.1 Å². The molecule has 24 heavy (non-hydrogen) atoms. The third-order valence-electron chi connectivity index (χ3n) is 3.84. The van der Waals surface area contributed by atoms with Crippen LogP contribution in [0.5, 0.6) is 0 Å². The Kier molecular flexibility index (Phi) is 3.97. The molecule has 1 aromatic heterocycles. The predicted octanol–water partition coefficient (Wildman–Crippen LogP) is 3.76. The molecule has 0 atom stereocenters. The van der Waals surface area contributed by atoms with E-state index in [4.69, 9.17) is 0 Å². The summed E-state index contributed by atoms with van der Waals surface area (Å²) in [5.41, 5.74) is 3.02. The lowest BCUT2D eigenvalue weighted by Crippen LogP contribution is -2.15. The average Bonchev–Trinajstić information content (AvgIpc) is 2.62. The summed E-state index contributed by atoms with van der Waals surface area (Å²) >= 11 is 0. The molecule has 0 saturated carbocycles. The van der Waals surface area contributed by atoms with E-state index in [1.165, 1.54) is 0 Å². The van der Waals surface area contributed by atoms with Gasteiger partial charge in [-0.2, -0.15) is 10.5 Å². The van der Waals surface area contributed by atoms with Gasteiger partial charge in [0.05, 0.1) is 11.3 Å². The molecule has 3 rings (SSSR count). The van der Waals surface area contributed by atoms with Crippen LogP contribution in [0.1, 0.15) is 16.7 Å². The van der Waals surface area contributed by atoms with Gasteiger partial charge < -0.3 is 4.98 Å². The van der Waals surface area contributed by atoms with Crippen LogP contribution in [0, 0.1) is 29.6 Å². The summed E-state index contributed by atoms with van der Waals surface area (Å²) in [5, 5.41) is 19.1. The number of nitrogens with zero attached hydrogens (tertiary/aromatic N) is 2. The molecule has 0 aliphatic rings. The number of nitriles is 2. The van der Waals surface area contributed by atoms with Crippen LogP contribution in [0.3, 0.4) is 0 Å². The van der Waals surface area contributed by atoms with Crippen LogP contribution in [0.25, 0.3) is 22.4 Å². The van der Waals surface area contributed by atoms with E-state index in [0.29, 0.717) is 22.4 Å². The van der Waals surface area contributed by atoms with Crippen molar-refractivity contribution in [1.82, 2.24) is 4.98 Å². The maximum atomic E-state index is 12.4. The Balaban J connectivity index is 2.41. The van der Waals surface area contributed by atoms with Crippen LogP contribution in [0.2, 0.25) is 0 Å². The Hall–Kier alpha value is -3.63. The van der Waals surface area contributed by atoms with Crippen molar-refractivity contribution >= 4 is 0 Å². The van der Waals surface area contributed by atoms with Gasteiger partial charge >= 0.3 is 0 Å². The Morgan fingerprint density at radius 3 is 2.04 bits per heavy atom. The van der Waals surface area contributed by atoms with Crippen LogP contribution in [-0.2, 0) is 0 Å². The SMILES string of the molecule is Cc1ccc(-c2c(C#N)c(-c3ccccc3)[nH]c(=O)c2C#N)cc1. The first-order chi connectivity index (χ1) is 11.7. The molecule has 1 N–H and O–H groups in total. The topological polar surface area (TPSA) is 80.4 Å². The molecule has 0 fully saturated rings. The molecule has 4 heteroatoms. The molecule has 114 valence electrons. The number of hydrogen-bond donors (Lipinski definition) is 1. The van der Waals surface area contributed by atoms with E-state index >= 15 is 0 Å². The maximum Gasteiger partial charge on any atom is 0.267 e. The third kappa shape index (κ3) is 2.58. The molecule has 0 aliphatic heterocycles. The molecule has 3 aromatic rings. The van der Waals surface area contributed by atoms with Crippen molar-refractivity contribution < 1.29 is 0 Å². The second-order valence-electron chi connectivity index (χ2n) is 5.41. The second-order valence-corrected chi connectivity index (χ2v) is 5.41. The molecule has 1 heterocycles. The first-order valence-corrected chi connectivity index (χ1v) is 7.38. The lowest BCUT2D eigenvalue weighted by atomic mass is 9.92. The minimum atomic E-state index is -0.495. The van der Waals surface area contributed by atoms with Gasteiger partial charge in [-0.15, -0.1) is 0 Å². The van der Waals surface area contributed by atoms with E-state index in [0.717, 1.165) is 11.1 Å². The van der Waals surface area contributed by atoms with Crippen LogP contribution in [0.15, 0.2) is 59.4 Å². The lowest BCUT2D eigenvalue weighted by Gasteiger charge is -2.12. The number of nitrogens with one attached hydrogen (secondary N) is 1. The zero-order chi connectivity index (χ0) is 17.1. The molecule has 0 radical (unpaired) electrons. The highest BCUT2D eigenvalue weighted by molar-refractivity contribution is 5.83. The molecule has 0 bridgehead atoms. The number of hydrogen-bond acceptors (Lipinski definition) is 3. The molecule has 0 amide bonds. The van der Waals surface area contributed by atoms with E-state index in [1.807, 2.05) is 67.6 Å². The molecule has 0 spiro atoms. The van der Waals surface area contributed by atoms with Gasteiger partial charge in [-0.1, -0.05) is 60.2 Å². The van der Waals surface area contributed by atoms with Crippen LogP contribution in [0.4, 0.5) is 0 Å². The fourth-order valence-corrected chi connectivity index (χ4v) is 2.65. The molecule has 0 unspecified atom stereocenters. The zero-order valence-corrected chi connectivity index (χ0v) is 13.0. The predicted molar refractivity (Wildman–Crippen MR) is 92.1 cm³/mol. The number of benzene rings is 2. The zero-order valence-electron chi connectivity index (χ0n) is 13.0. The van der Waals surface area contributed by atoms with Crippen LogP contribution < -0.4 is 5.56 Å². The largest absolute Gasteiger partial charge is 0.320 e. The number of aromatic nitrogens is 1. The van der Waals surface area contributed by atoms with Crippen molar-refractivity contribution in [1.29, 1.82) is 10.5 Å². The fourth-order valence-electron chi connectivity index (χ4n) is 2.65. The molecule has 0 aliphatic carbocycles. The quantitative estimate of drug-likeness (QED) is 0.782. The number of aromatic amines is 1. The highest BCUT2D eigenvalue weighted by atomic mass is 16.1. The van der Waals surface area contributed by atoms with Gasteiger partial charge in [0.1, 0.15) is 17.7 Å². The van der Waals surface area contributed by atoms with E-state index in [1.54, 1.807) is 0 Å². The van der Waals surface area contributed by atoms with Crippen molar-refractivity contribution in [2.75, 3.05) is 0 Å². The Bertz CT molecular complexity index is 1030. The molecular weight excluding hydrogens is 298 g/mol. The third-order valence-corrected chi connectivity index (χ3v) is 3.84. The first-order valence-electron chi connectivity index (χ1n) is 7.38. The lowest BCUT2D eigenvalue weighted by molar-refractivity contribution is 1.20. The summed E-state index contributed by atoms with van der Waals surface area (Å²) in [6.45, 7) is 1.95. The molecule has 2 aromatic carbocycles. The second kappa shape index (κ2) is 6.24. The Morgan fingerprint density at radius 1 is 0.833 bits per heavy atom. The number of rotatable bonds is 2. The highest BCUT2D eigenvalue weighted by Crippen LogP contribution is 2.31. The van der Waals surface area contributed by atoms with E-state index in [-0.39, 0.29) is 5.56 Å². The smallest absolute Gasteiger partial charge is 0.267 e. The van der Waals surface area contributed by atoms with Gasteiger partial charge in [0.2, 0.25) is 0 Å². The minimum absolute atomic E-state index is 0.0462. The molecule has 0 saturated heterocycles. The molecule has 4 nitrogen and oxygen atoms in total. The first kappa shape index (κ1) is 15.3. The van der Waals surface area contributed by atoms with Gasteiger partial charge in [-0.25, -0.2) is 0 Å². The van der Waals surface area contributed by atoms with E-state index < -0.39 is 5.56 Å². The van der Waals surface area contributed by atoms with Gasteiger partial charge in [0, 0.05) is 5.56 Å². The summed E-state index contributed by atoms with van der Waals surface area (Å²) in [4.78, 5) is 15.1.